The molecule has 0 aromatic heterocycles. The molecule has 0 atom stereocenters. The average molecular weight is 293 g/mol. The molecule has 3 nitrogen and oxygen atoms in total. The van der Waals surface area contributed by atoms with Crippen molar-refractivity contribution in [2.45, 2.75) is 49.8 Å². The van der Waals surface area contributed by atoms with Crippen LogP contribution in [0.5, 0.6) is 0 Å². The fourth-order valence-electron chi connectivity index (χ4n) is 2.46. The number of halogens is 1. The number of alkyl halides is 1. The van der Waals surface area contributed by atoms with E-state index in [0.29, 0.717) is 24.0 Å². The smallest absolute Gasteiger partial charge is 0.160 e. The van der Waals surface area contributed by atoms with Crippen LogP contribution >= 0.6 is 15.9 Å². The van der Waals surface area contributed by atoms with Gasteiger partial charge < -0.3 is 14.2 Å². The fourth-order valence-corrected chi connectivity index (χ4v) is 2.98. The van der Waals surface area contributed by atoms with Crippen LogP contribution in [-0.2, 0) is 14.2 Å². The van der Waals surface area contributed by atoms with Crippen molar-refractivity contribution in [3.05, 3.63) is 0 Å². The standard InChI is InChI=1S/C12H21BrO3/c1-2-14-11-7-15-12(16-8-11)9-3-5-10(13)6-4-9/h9-12H,2-8H2,1H3/t9?,10?,11-,12-. The zero-order valence-corrected chi connectivity index (χ0v) is 11.4. The lowest BCUT2D eigenvalue weighted by atomic mass is 9.88. The third kappa shape index (κ3) is 3.42. The molecule has 1 saturated heterocycles. The lowest BCUT2D eigenvalue weighted by Gasteiger charge is -2.36. The summed E-state index contributed by atoms with van der Waals surface area (Å²) in [5.74, 6) is 0.580. The van der Waals surface area contributed by atoms with Gasteiger partial charge in [0.05, 0.1) is 13.2 Å². The second kappa shape index (κ2) is 6.34. The van der Waals surface area contributed by atoms with Crippen molar-refractivity contribution in [2.75, 3.05) is 19.8 Å². The number of hydrogen-bond acceptors (Lipinski definition) is 3. The Morgan fingerprint density at radius 1 is 1.12 bits per heavy atom. The maximum Gasteiger partial charge on any atom is 0.160 e. The molecule has 2 rings (SSSR count). The number of rotatable bonds is 3. The molecule has 0 amide bonds. The maximum atomic E-state index is 5.76. The normalized spacial score (nSPS) is 40.9. The first-order chi connectivity index (χ1) is 7.79. The average Bonchev–Trinajstić information content (AvgIpc) is 2.32. The van der Waals surface area contributed by atoms with E-state index in [1.54, 1.807) is 0 Å². The first-order valence-corrected chi connectivity index (χ1v) is 7.20. The van der Waals surface area contributed by atoms with Gasteiger partial charge >= 0.3 is 0 Å². The van der Waals surface area contributed by atoms with E-state index in [9.17, 15) is 0 Å². The molecule has 4 heteroatoms. The highest BCUT2D eigenvalue weighted by Crippen LogP contribution is 2.33. The van der Waals surface area contributed by atoms with Crippen LogP contribution in [0.25, 0.3) is 0 Å². The molecule has 1 aliphatic heterocycles. The molecule has 16 heavy (non-hydrogen) atoms. The lowest BCUT2D eigenvalue weighted by Crippen LogP contribution is -2.42. The van der Waals surface area contributed by atoms with Crippen molar-refractivity contribution < 1.29 is 14.2 Å². The van der Waals surface area contributed by atoms with E-state index in [0.717, 1.165) is 6.61 Å². The van der Waals surface area contributed by atoms with Gasteiger partial charge in [0, 0.05) is 17.4 Å². The first-order valence-electron chi connectivity index (χ1n) is 6.28. The van der Waals surface area contributed by atoms with Gasteiger partial charge in [0.15, 0.2) is 6.29 Å². The zero-order valence-electron chi connectivity index (χ0n) is 9.86. The first kappa shape index (κ1) is 12.8. The topological polar surface area (TPSA) is 27.7 Å². The molecule has 0 N–H and O–H groups in total. The molecule has 94 valence electrons. The van der Waals surface area contributed by atoms with Crippen molar-refractivity contribution >= 4 is 15.9 Å². The van der Waals surface area contributed by atoms with Gasteiger partial charge in [-0.05, 0) is 32.6 Å². The van der Waals surface area contributed by atoms with E-state index in [1.165, 1.54) is 25.7 Å². The molecule has 0 bridgehead atoms. The van der Waals surface area contributed by atoms with Gasteiger partial charge in [0.25, 0.3) is 0 Å². The van der Waals surface area contributed by atoms with Gasteiger partial charge in [-0.25, -0.2) is 0 Å². The van der Waals surface area contributed by atoms with E-state index in [2.05, 4.69) is 15.9 Å². The SMILES string of the molecule is CCO[C@H]1CO[C@H](C2CCC(Br)CC2)OC1. The molecule has 0 spiro atoms. The molecule has 0 aromatic carbocycles. The van der Waals surface area contributed by atoms with Crippen LogP contribution in [0.15, 0.2) is 0 Å². The third-order valence-electron chi connectivity index (χ3n) is 3.38. The minimum absolute atomic E-state index is 0.0108. The summed E-state index contributed by atoms with van der Waals surface area (Å²) in [5.41, 5.74) is 0. The van der Waals surface area contributed by atoms with Crippen LogP contribution in [0.3, 0.4) is 0 Å². The summed E-state index contributed by atoms with van der Waals surface area (Å²) < 4.78 is 17.0. The van der Waals surface area contributed by atoms with Crippen molar-refractivity contribution in [1.82, 2.24) is 0 Å². The molecule has 2 aliphatic rings. The predicted octanol–water partition coefficient (Wildman–Crippen LogP) is 2.72. The van der Waals surface area contributed by atoms with Gasteiger partial charge in [0.2, 0.25) is 0 Å². The molecule has 0 unspecified atom stereocenters. The van der Waals surface area contributed by atoms with E-state index < -0.39 is 0 Å². The second-order valence-electron chi connectivity index (χ2n) is 4.62. The molecule has 0 aromatic rings. The van der Waals surface area contributed by atoms with E-state index in [-0.39, 0.29) is 12.4 Å². The Morgan fingerprint density at radius 3 is 2.31 bits per heavy atom. The Bertz CT molecular complexity index is 196. The highest BCUT2D eigenvalue weighted by molar-refractivity contribution is 9.09. The van der Waals surface area contributed by atoms with Crippen LogP contribution in [-0.4, -0.2) is 37.0 Å². The number of hydrogen-bond donors (Lipinski definition) is 0. The fraction of sp³-hybridized carbons (Fsp3) is 1.00. The van der Waals surface area contributed by atoms with Crippen LogP contribution in [0.4, 0.5) is 0 Å². The van der Waals surface area contributed by atoms with Gasteiger partial charge in [-0.2, -0.15) is 0 Å². The molecule has 0 radical (unpaired) electrons. The summed E-state index contributed by atoms with van der Waals surface area (Å²) in [6.07, 6.45) is 5.04. The van der Waals surface area contributed by atoms with Gasteiger partial charge in [0.1, 0.15) is 6.10 Å². The van der Waals surface area contributed by atoms with E-state index in [1.807, 2.05) is 6.92 Å². The highest BCUT2D eigenvalue weighted by atomic mass is 79.9. The second-order valence-corrected chi connectivity index (χ2v) is 5.92. The highest BCUT2D eigenvalue weighted by Gasteiger charge is 2.31. The monoisotopic (exact) mass is 292 g/mol. The van der Waals surface area contributed by atoms with Gasteiger partial charge in [-0.15, -0.1) is 0 Å². The quantitative estimate of drug-likeness (QED) is 0.749. The minimum atomic E-state index is 0.0108. The summed E-state index contributed by atoms with van der Waals surface area (Å²) in [5, 5.41) is 0. The summed E-state index contributed by atoms with van der Waals surface area (Å²) in [6.45, 7) is 4.11. The summed E-state index contributed by atoms with van der Waals surface area (Å²) in [6, 6.07) is 0. The molecule has 1 aliphatic carbocycles. The lowest BCUT2D eigenvalue weighted by molar-refractivity contribution is -0.248. The Hall–Kier alpha value is 0.360. The Kier molecular flexibility index (Phi) is 5.07. The molecule has 1 saturated carbocycles. The summed E-state index contributed by atoms with van der Waals surface area (Å²) in [7, 11) is 0. The third-order valence-corrected chi connectivity index (χ3v) is 4.30. The zero-order chi connectivity index (χ0) is 11.4. The maximum absolute atomic E-state index is 5.76. The summed E-state index contributed by atoms with van der Waals surface area (Å²) >= 11 is 3.67. The molecule has 1 heterocycles. The molecule has 2 fully saturated rings. The molecular weight excluding hydrogens is 272 g/mol. The van der Waals surface area contributed by atoms with Crippen LogP contribution in [0, 0.1) is 5.92 Å². The Morgan fingerprint density at radius 2 is 1.75 bits per heavy atom. The van der Waals surface area contributed by atoms with Crippen LogP contribution in [0.1, 0.15) is 32.6 Å². The Balaban J connectivity index is 1.72. The van der Waals surface area contributed by atoms with E-state index in [4.69, 9.17) is 14.2 Å². The predicted molar refractivity (Wildman–Crippen MR) is 65.8 cm³/mol. The van der Waals surface area contributed by atoms with Gasteiger partial charge in [-0.1, -0.05) is 15.9 Å². The van der Waals surface area contributed by atoms with E-state index >= 15 is 0 Å². The van der Waals surface area contributed by atoms with Gasteiger partial charge in [-0.3, -0.25) is 0 Å². The van der Waals surface area contributed by atoms with Crippen molar-refractivity contribution in [1.29, 1.82) is 0 Å². The summed E-state index contributed by atoms with van der Waals surface area (Å²) in [4.78, 5) is 0.698. The van der Waals surface area contributed by atoms with Crippen LogP contribution < -0.4 is 0 Å². The van der Waals surface area contributed by atoms with Crippen molar-refractivity contribution in [3.63, 3.8) is 0 Å². The van der Waals surface area contributed by atoms with Crippen molar-refractivity contribution in [2.24, 2.45) is 5.92 Å². The largest absolute Gasteiger partial charge is 0.374 e. The minimum Gasteiger partial charge on any atom is -0.374 e. The number of ether oxygens (including phenoxy) is 3. The molecular formula is C12H21BrO3. The van der Waals surface area contributed by atoms with Crippen molar-refractivity contribution in [3.8, 4) is 0 Å². The van der Waals surface area contributed by atoms with Crippen LogP contribution in [0.2, 0.25) is 0 Å². The Labute approximate surface area is 106 Å².